The number of hydrogen-bond donors (Lipinski definition) is 1. The molecule has 0 aromatic heterocycles. The summed E-state index contributed by atoms with van der Waals surface area (Å²) >= 11 is 0. The molecule has 1 heterocycles. The van der Waals surface area contributed by atoms with E-state index < -0.39 is 0 Å². The summed E-state index contributed by atoms with van der Waals surface area (Å²) in [7, 11) is 3.93. The summed E-state index contributed by atoms with van der Waals surface area (Å²) in [5, 5.41) is 2.92. The number of carbonyl (C=O) groups is 2. The lowest BCUT2D eigenvalue weighted by Crippen LogP contribution is -2.27. The number of benzene rings is 2. The first-order valence-corrected chi connectivity index (χ1v) is 8.98. The third-order valence-corrected chi connectivity index (χ3v) is 4.69. The van der Waals surface area contributed by atoms with Gasteiger partial charge in [-0.05, 0) is 54.8 Å². The van der Waals surface area contributed by atoms with E-state index in [0.717, 1.165) is 37.2 Å². The van der Waals surface area contributed by atoms with Crippen LogP contribution in [0, 0.1) is 0 Å². The van der Waals surface area contributed by atoms with Gasteiger partial charge in [-0.2, -0.15) is 0 Å². The molecule has 26 heavy (non-hydrogen) atoms. The topological polar surface area (TPSA) is 52.7 Å². The number of nitrogens with zero attached hydrogens (tertiary/aromatic N) is 2. The van der Waals surface area contributed by atoms with Gasteiger partial charge >= 0.3 is 0 Å². The second kappa shape index (κ2) is 8.04. The molecule has 1 fully saturated rings. The Morgan fingerprint density at radius 3 is 2.08 bits per heavy atom. The third kappa shape index (κ3) is 4.23. The van der Waals surface area contributed by atoms with Crippen molar-refractivity contribution in [2.24, 2.45) is 0 Å². The lowest BCUT2D eigenvalue weighted by atomic mass is 10.1. The first kappa shape index (κ1) is 18.0. The van der Waals surface area contributed by atoms with Gasteiger partial charge in [-0.3, -0.25) is 9.59 Å². The van der Waals surface area contributed by atoms with Crippen molar-refractivity contribution in [1.29, 1.82) is 0 Å². The maximum Gasteiger partial charge on any atom is 0.253 e. The average Bonchev–Trinajstić information content (AvgIpc) is 3.21. The molecule has 136 valence electrons. The predicted molar refractivity (Wildman–Crippen MR) is 104 cm³/mol. The Morgan fingerprint density at radius 1 is 0.923 bits per heavy atom. The molecule has 5 heteroatoms. The van der Waals surface area contributed by atoms with Gasteiger partial charge in [-0.1, -0.05) is 12.1 Å². The Kier molecular flexibility index (Phi) is 5.56. The van der Waals surface area contributed by atoms with Crippen LogP contribution in [-0.4, -0.2) is 43.9 Å². The SMILES string of the molecule is CN(C)c1ccc(C(=O)NCc2ccc(C(=O)N3CCCC3)cc2)cc1. The standard InChI is InChI=1S/C21H25N3O2/c1-23(2)19-11-9-17(10-12-19)20(25)22-15-16-5-7-18(8-6-16)21(26)24-13-3-4-14-24/h5-12H,3-4,13-15H2,1-2H3,(H,22,25). The maximum absolute atomic E-state index is 12.3. The Morgan fingerprint density at radius 2 is 1.50 bits per heavy atom. The second-order valence-corrected chi connectivity index (χ2v) is 6.82. The van der Waals surface area contributed by atoms with Crippen LogP contribution >= 0.6 is 0 Å². The summed E-state index contributed by atoms with van der Waals surface area (Å²) in [6, 6.07) is 15.0. The molecule has 0 spiro atoms. The highest BCUT2D eigenvalue weighted by Crippen LogP contribution is 2.14. The van der Waals surface area contributed by atoms with E-state index in [1.165, 1.54) is 0 Å². The lowest BCUT2D eigenvalue weighted by molar-refractivity contribution is 0.0792. The molecule has 0 radical (unpaired) electrons. The molecular weight excluding hydrogens is 326 g/mol. The molecule has 0 bridgehead atoms. The molecule has 1 aliphatic rings. The Balaban J connectivity index is 1.55. The average molecular weight is 351 g/mol. The van der Waals surface area contributed by atoms with E-state index in [0.29, 0.717) is 17.7 Å². The van der Waals surface area contributed by atoms with Crippen LogP contribution in [0.5, 0.6) is 0 Å². The number of rotatable bonds is 5. The highest BCUT2D eigenvalue weighted by Gasteiger charge is 2.19. The summed E-state index contributed by atoms with van der Waals surface area (Å²) in [5.41, 5.74) is 3.37. The van der Waals surface area contributed by atoms with Crippen molar-refractivity contribution in [3.63, 3.8) is 0 Å². The van der Waals surface area contributed by atoms with Crippen LogP contribution < -0.4 is 10.2 Å². The molecule has 1 N–H and O–H groups in total. The molecule has 0 atom stereocenters. The number of hydrogen-bond acceptors (Lipinski definition) is 3. The van der Waals surface area contributed by atoms with E-state index >= 15 is 0 Å². The Hall–Kier alpha value is -2.82. The van der Waals surface area contributed by atoms with Crippen molar-refractivity contribution in [1.82, 2.24) is 10.2 Å². The number of nitrogens with one attached hydrogen (secondary N) is 1. The van der Waals surface area contributed by atoms with Crippen LogP contribution in [0.1, 0.15) is 39.1 Å². The van der Waals surface area contributed by atoms with Crippen LogP contribution in [0.15, 0.2) is 48.5 Å². The smallest absolute Gasteiger partial charge is 0.253 e. The first-order chi connectivity index (χ1) is 12.5. The molecule has 0 aliphatic carbocycles. The molecule has 0 saturated carbocycles. The van der Waals surface area contributed by atoms with Gasteiger partial charge in [0, 0.05) is 50.5 Å². The molecule has 1 aliphatic heterocycles. The van der Waals surface area contributed by atoms with E-state index in [4.69, 9.17) is 0 Å². The highest BCUT2D eigenvalue weighted by atomic mass is 16.2. The monoisotopic (exact) mass is 351 g/mol. The van der Waals surface area contributed by atoms with Crippen molar-refractivity contribution >= 4 is 17.5 Å². The van der Waals surface area contributed by atoms with E-state index in [-0.39, 0.29) is 11.8 Å². The zero-order valence-corrected chi connectivity index (χ0v) is 15.4. The van der Waals surface area contributed by atoms with Gasteiger partial charge in [-0.15, -0.1) is 0 Å². The van der Waals surface area contributed by atoms with Crippen molar-refractivity contribution in [2.75, 3.05) is 32.1 Å². The molecule has 2 amide bonds. The molecule has 1 saturated heterocycles. The molecule has 0 unspecified atom stereocenters. The largest absolute Gasteiger partial charge is 0.378 e. The lowest BCUT2D eigenvalue weighted by Gasteiger charge is -2.15. The fraction of sp³-hybridized carbons (Fsp3) is 0.333. The fourth-order valence-electron chi connectivity index (χ4n) is 3.06. The van der Waals surface area contributed by atoms with Crippen LogP contribution in [0.3, 0.4) is 0 Å². The van der Waals surface area contributed by atoms with Gasteiger partial charge in [0.2, 0.25) is 0 Å². The molecule has 2 aromatic carbocycles. The molecule has 2 aromatic rings. The quantitative estimate of drug-likeness (QED) is 0.901. The number of amides is 2. The summed E-state index contributed by atoms with van der Waals surface area (Å²) in [6.45, 7) is 2.14. The second-order valence-electron chi connectivity index (χ2n) is 6.82. The van der Waals surface area contributed by atoms with Crippen LogP contribution in [-0.2, 0) is 6.54 Å². The zero-order valence-electron chi connectivity index (χ0n) is 15.4. The van der Waals surface area contributed by atoms with Crippen LogP contribution in [0.2, 0.25) is 0 Å². The fourth-order valence-corrected chi connectivity index (χ4v) is 3.06. The number of anilines is 1. The minimum Gasteiger partial charge on any atom is -0.378 e. The van der Waals surface area contributed by atoms with Crippen molar-refractivity contribution in [3.05, 3.63) is 65.2 Å². The summed E-state index contributed by atoms with van der Waals surface area (Å²) in [4.78, 5) is 28.5. The third-order valence-electron chi connectivity index (χ3n) is 4.69. The Bertz CT molecular complexity index is 761. The maximum atomic E-state index is 12.3. The molecular formula is C21H25N3O2. The van der Waals surface area contributed by atoms with Gasteiger partial charge in [0.15, 0.2) is 0 Å². The summed E-state index contributed by atoms with van der Waals surface area (Å²) < 4.78 is 0. The molecule has 5 nitrogen and oxygen atoms in total. The van der Waals surface area contributed by atoms with Gasteiger partial charge in [0.25, 0.3) is 11.8 Å². The van der Waals surface area contributed by atoms with Crippen molar-refractivity contribution in [2.45, 2.75) is 19.4 Å². The number of likely N-dealkylation sites (tertiary alicyclic amines) is 1. The van der Waals surface area contributed by atoms with Crippen LogP contribution in [0.25, 0.3) is 0 Å². The highest BCUT2D eigenvalue weighted by molar-refractivity contribution is 5.95. The van der Waals surface area contributed by atoms with Crippen molar-refractivity contribution in [3.8, 4) is 0 Å². The predicted octanol–water partition coefficient (Wildman–Crippen LogP) is 2.92. The Labute approximate surface area is 154 Å². The van der Waals surface area contributed by atoms with E-state index in [1.54, 1.807) is 0 Å². The normalized spacial score (nSPS) is 13.5. The van der Waals surface area contributed by atoms with Gasteiger partial charge in [0.05, 0.1) is 0 Å². The van der Waals surface area contributed by atoms with E-state index in [2.05, 4.69) is 5.32 Å². The van der Waals surface area contributed by atoms with E-state index in [1.807, 2.05) is 72.4 Å². The molecule has 3 rings (SSSR count). The van der Waals surface area contributed by atoms with Crippen LogP contribution in [0.4, 0.5) is 5.69 Å². The van der Waals surface area contributed by atoms with E-state index in [9.17, 15) is 9.59 Å². The minimum atomic E-state index is -0.104. The van der Waals surface area contributed by atoms with Gasteiger partial charge < -0.3 is 15.1 Å². The summed E-state index contributed by atoms with van der Waals surface area (Å²) in [5.74, 6) is -0.00778. The number of carbonyl (C=O) groups excluding carboxylic acids is 2. The first-order valence-electron chi connectivity index (χ1n) is 8.98. The van der Waals surface area contributed by atoms with Gasteiger partial charge in [-0.25, -0.2) is 0 Å². The minimum absolute atomic E-state index is 0.0964. The van der Waals surface area contributed by atoms with Crippen molar-refractivity contribution < 1.29 is 9.59 Å². The van der Waals surface area contributed by atoms with Gasteiger partial charge in [0.1, 0.15) is 0 Å². The summed E-state index contributed by atoms with van der Waals surface area (Å²) in [6.07, 6.45) is 2.18. The zero-order chi connectivity index (χ0) is 18.5.